The average molecular weight is 337 g/mol. The Morgan fingerprint density at radius 3 is 2.65 bits per heavy atom. The maximum absolute atomic E-state index is 12.1. The zero-order valence-electron chi connectivity index (χ0n) is 13.6. The Balaban J connectivity index is 1.66. The second kappa shape index (κ2) is 6.00. The second-order valence-electron chi connectivity index (χ2n) is 6.85. The van der Waals surface area contributed by atoms with Crippen molar-refractivity contribution in [3.63, 3.8) is 0 Å². The minimum atomic E-state index is -0.460. The Morgan fingerprint density at radius 2 is 2.04 bits per heavy atom. The molecule has 7 heteroatoms. The molecule has 0 atom stereocenters. The minimum Gasteiger partial charge on any atom is -0.444 e. The summed E-state index contributed by atoms with van der Waals surface area (Å²) in [6.07, 6.45) is 3.16. The Bertz CT molecular complexity index is 714. The van der Waals surface area contributed by atoms with Crippen molar-refractivity contribution in [1.29, 1.82) is 0 Å². The van der Waals surface area contributed by atoms with Crippen LogP contribution in [0.15, 0.2) is 18.3 Å². The number of rotatable bonds is 1. The molecule has 3 heterocycles. The first-order chi connectivity index (χ1) is 10.8. The monoisotopic (exact) mass is 336 g/mol. The fraction of sp³-hybridized carbons (Fsp3) is 0.562. The van der Waals surface area contributed by atoms with Crippen molar-refractivity contribution < 1.29 is 9.53 Å². The summed E-state index contributed by atoms with van der Waals surface area (Å²) in [5.74, 6) is 0.312. The van der Waals surface area contributed by atoms with E-state index in [2.05, 4.69) is 10.1 Å². The summed E-state index contributed by atoms with van der Waals surface area (Å²) in [7, 11) is 0. The van der Waals surface area contributed by atoms with Crippen LogP contribution in [0.25, 0.3) is 5.65 Å². The van der Waals surface area contributed by atoms with E-state index in [1.165, 1.54) is 0 Å². The molecule has 1 aliphatic rings. The summed E-state index contributed by atoms with van der Waals surface area (Å²) in [4.78, 5) is 18.1. The van der Waals surface area contributed by atoms with E-state index >= 15 is 0 Å². The molecular weight excluding hydrogens is 316 g/mol. The third-order valence-electron chi connectivity index (χ3n) is 3.90. The van der Waals surface area contributed by atoms with Gasteiger partial charge in [0.25, 0.3) is 0 Å². The fourth-order valence-corrected chi connectivity index (χ4v) is 2.95. The number of piperidine rings is 1. The van der Waals surface area contributed by atoms with Gasteiger partial charge in [0.05, 0.1) is 5.69 Å². The summed E-state index contributed by atoms with van der Waals surface area (Å²) in [5.41, 5.74) is 1.27. The molecule has 0 unspecified atom stereocenters. The molecule has 0 radical (unpaired) electrons. The first kappa shape index (κ1) is 16.1. The van der Waals surface area contributed by atoms with Gasteiger partial charge in [-0.15, -0.1) is 0 Å². The van der Waals surface area contributed by atoms with Crippen LogP contribution in [0.4, 0.5) is 4.79 Å². The SMILES string of the molecule is CC(C)(C)OC(=O)N1CCC(c2cc3nccc(Cl)n3n2)CC1. The third-order valence-corrected chi connectivity index (χ3v) is 4.18. The van der Waals surface area contributed by atoms with Gasteiger partial charge in [0.2, 0.25) is 0 Å². The van der Waals surface area contributed by atoms with Crippen LogP contribution in [0.1, 0.15) is 45.2 Å². The number of carbonyl (C=O) groups excluding carboxylic acids is 1. The number of carbonyl (C=O) groups is 1. The molecular formula is C16H21ClN4O2. The first-order valence-corrected chi connectivity index (χ1v) is 8.19. The number of fused-ring (bicyclic) bond motifs is 1. The molecule has 0 aliphatic carbocycles. The maximum Gasteiger partial charge on any atom is 0.410 e. The van der Waals surface area contributed by atoms with Crippen LogP contribution in [-0.4, -0.2) is 44.3 Å². The number of amides is 1. The predicted molar refractivity (Wildman–Crippen MR) is 87.8 cm³/mol. The second-order valence-corrected chi connectivity index (χ2v) is 7.24. The molecule has 1 fully saturated rings. The lowest BCUT2D eigenvalue weighted by molar-refractivity contribution is 0.0204. The van der Waals surface area contributed by atoms with E-state index in [0.29, 0.717) is 24.2 Å². The molecule has 0 bridgehead atoms. The van der Waals surface area contributed by atoms with Crippen LogP contribution in [0, 0.1) is 0 Å². The summed E-state index contributed by atoms with van der Waals surface area (Å²) < 4.78 is 7.07. The average Bonchev–Trinajstić information content (AvgIpc) is 2.91. The number of aromatic nitrogens is 3. The number of ether oxygens (including phenoxy) is 1. The third kappa shape index (κ3) is 3.58. The topological polar surface area (TPSA) is 59.7 Å². The Hall–Kier alpha value is -1.82. The zero-order chi connectivity index (χ0) is 16.6. The van der Waals surface area contributed by atoms with Crippen molar-refractivity contribution in [1.82, 2.24) is 19.5 Å². The van der Waals surface area contributed by atoms with E-state index in [4.69, 9.17) is 16.3 Å². The van der Waals surface area contributed by atoms with Crippen molar-refractivity contribution in [2.45, 2.75) is 45.1 Å². The highest BCUT2D eigenvalue weighted by molar-refractivity contribution is 6.29. The standard InChI is InChI=1S/C16H21ClN4O2/c1-16(2,3)23-15(22)20-8-5-11(6-9-20)12-10-14-18-7-4-13(17)21(14)19-12/h4,7,10-11H,5-6,8-9H2,1-3H3. The normalized spacial score (nSPS) is 16.8. The lowest BCUT2D eigenvalue weighted by atomic mass is 9.94. The van der Waals surface area contributed by atoms with Gasteiger partial charge in [-0.2, -0.15) is 5.10 Å². The van der Waals surface area contributed by atoms with Gasteiger partial charge in [0.1, 0.15) is 10.8 Å². The molecule has 2 aromatic rings. The number of halogens is 1. The van der Waals surface area contributed by atoms with Crippen molar-refractivity contribution in [3.05, 3.63) is 29.2 Å². The summed E-state index contributed by atoms with van der Waals surface area (Å²) in [5, 5.41) is 5.10. The maximum atomic E-state index is 12.1. The molecule has 3 rings (SSSR count). The van der Waals surface area contributed by atoms with Gasteiger partial charge >= 0.3 is 6.09 Å². The van der Waals surface area contributed by atoms with Crippen molar-refractivity contribution in [3.8, 4) is 0 Å². The number of hydrogen-bond donors (Lipinski definition) is 0. The lowest BCUT2D eigenvalue weighted by Crippen LogP contribution is -2.41. The van der Waals surface area contributed by atoms with Crippen molar-refractivity contribution in [2.75, 3.05) is 13.1 Å². The van der Waals surface area contributed by atoms with Gasteiger partial charge in [0, 0.05) is 31.3 Å². The Morgan fingerprint density at radius 1 is 1.35 bits per heavy atom. The molecule has 2 aromatic heterocycles. The van der Waals surface area contributed by atoms with E-state index in [-0.39, 0.29) is 6.09 Å². The van der Waals surface area contributed by atoms with Gasteiger partial charge < -0.3 is 9.64 Å². The van der Waals surface area contributed by atoms with Gasteiger partial charge in [-0.1, -0.05) is 11.6 Å². The molecule has 0 saturated carbocycles. The summed E-state index contributed by atoms with van der Waals surface area (Å²) in [6, 6.07) is 3.69. The zero-order valence-corrected chi connectivity index (χ0v) is 14.4. The summed E-state index contributed by atoms with van der Waals surface area (Å²) >= 11 is 6.13. The molecule has 0 spiro atoms. The van der Waals surface area contributed by atoms with Crippen LogP contribution < -0.4 is 0 Å². The smallest absolute Gasteiger partial charge is 0.410 e. The molecule has 23 heavy (non-hydrogen) atoms. The van der Waals surface area contributed by atoms with Gasteiger partial charge in [-0.25, -0.2) is 14.3 Å². The van der Waals surface area contributed by atoms with Crippen LogP contribution in [-0.2, 0) is 4.74 Å². The van der Waals surface area contributed by atoms with E-state index in [1.54, 1.807) is 21.7 Å². The lowest BCUT2D eigenvalue weighted by Gasteiger charge is -2.32. The van der Waals surface area contributed by atoms with E-state index < -0.39 is 5.60 Å². The van der Waals surface area contributed by atoms with E-state index in [1.807, 2.05) is 26.8 Å². The van der Waals surface area contributed by atoms with E-state index in [0.717, 1.165) is 24.2 Å². The molecule has 0 aromatic carbocycles. The molecule has 124 valence electrons. The van der Waals surface area contributed by atoms with Crippen LogP contribution in [0.5, 0.6) is 0 Å². The fourth-order valence-electron chi connectivity index (χ4n) is 2.77. The van der Waals surface area contributed by atoms with Gasteiger partial charge in [0.15, 0.2) is 5.65 Å². The van der Waals surface area contributed by atoms with Crippen molar-refractivity contribution in [2.24, 2.45) is 0 Å². The van der Waals surface area contributed by atoms with E-state index in [9.17, 15) is 4.79 Å². The molecule has 1 amide bonds. The number of nitrogens with zero attached hydrogens (tertiary/aromatic N) is 4. The molecule has 1 saturated heterocycles. The highest BCUT2D eigenvalue weighted by Crippen LogP contribution is 2.29. The Kier molecular flexibility index (Phi) is 4.19. The first-order valence-electron chi connectivity index (χ1n) is 7.81. The predicted octanol–water partition coefficient (Wildman–Crippen LogP) is 3.50. The minimum absolute atomic E-state index is 0.240. The quantitative estimate of drug-likeness (QED) is 0.748. The summed E-state index contributed by atoms with van der Waals surface area (Å²) in [6.45, 7) is 6.99. The number of hydrogen-bond acceptors (Lipinski definition) is 4. The van der Waals surface area contributed by atoms with Gasteiger partial charge in [-0.3, -0.25) is 0 Å². The highest BCUT2D eigenvalue weighted by Gasteiger charge is 2.28. The van der Waals surface area contributed by atoms with Crippen molar-refractivity contribution >= 4 is 23.3 Å². The van der Waals surface area contributed by atoms with Crippen LogP contribution in [0.3, 0.4) is 0 Å². The van der Waals surface area contributed by atoms with Crippen LogP contribution >= 0.6 is 11.6 Å². The van der Waals surface area contributed by atoms with Crippen LogP contribution in [0.2, 0.25) is 5.15 Å². The molecule has 0 N–H and O–H groups in total. The molecule has 6 nitrogen and oxygen atoms in total. The largest absolute Gasteiger partial charge is 0.444 e. The Labute approximate surface area is 140 Å². The molecule has 1 aliphatic heterocycles. The van der Waals surface area contributed by atoms with Gasteiger partial charge in [-0.05, 0) is 39.7 Å². The highest BCUT2D eigenvalue weighted by atomic mass is 35.5. The number of likely N-dealkylation sites (tertiary alicyclic amines) is 1.